The molecule has 0 bridgehead atoms. The molecule has 3 atom stereocenters. The van der Waals surface area contributed by atoms with Crippen molar-refractivity contribution in [2.75, 3.05) is 7.05 Å². The third-order valence-electron chi connectivity index (χ3n) is 4.69. The van der Waals surface area contributed by atoms with Gasteiger partial charge in [-0.3, -0.25) is 0 Å². The molecule has 1 aliphatic rings. The average Bonchev–Trinajstić information content (AvgIpc) is 2.44. The van der Waals surface area contributed by atoms with E-state index in [1.54, 1.807) is 0 Å². The van der Waals surface area contributed by atoms with Crippen molar-refractivity contribution in [3.05, 3.63) is 33.8 Å². The van der Waals surface area contributed by atoms with Gasteiger partial charge in [0.25, 0.3) is 0 Å². The lowest BCUT2D eigenvalue weighted by molar-refractivity contribution is 0.200. The molecule has 0 radical (unpaired) electrons. The Labute approximate surface area is 133 Å². The van der Waals surface area contributed by atoms with Gasteiger partial charge in [-0.15, -0.1) is 0 Å². The van der Waals surface area contributed by atoms with Gasteiger partial charge in [0.1, 0.15) is 0 Å². The maximum atomic E-state index is 6.33. The minimum Gasteiger partial charge on any atom is -0.317 e. The standard InChI is InChI=1S/C17H25Cl2N/c1-3-5-12-8-9-17(20-2)13(10-12)11-14-15(18)6-4-7-16(14)19/h4,6-7,12-13,17,20H,3,5,8-11H2,1-2H3. The van der Waals surface area contributed by atoms with Crippen molar-refractivity contribution in [3.8, 4) is 0 Å². The first kappa shape index (κ1) is 16.1. The summed E-state index contributed by atoms with van der Waals surface area (Å²) in [7, 11) is 2.08. The highest BCUT2D eigenvalue weighted by molar-refractivity contribution is 6.35. The molecule has 20 heavy (non-hydrogen) atoms. The summed E-state index contributed by atoms with van der Waals surface area (Å²) >= 11 is 12.7. The van der Waals surface area contributed by atoms with Crippen LogP contribution in [0.5, 0.6) is 0 Å². The third kappa shape index (κ3) is 3.90. The van der Waals surface area contributed by atoms with E-state index in [2.05, 4.69) is 19.3 Å². The Morgan fingerprint density at radius 2 is 1.90 bits per heavy atom. The Morgan fingerprint density at radius 3 is 2.50 bits per heavy atom. The Kier molecular flexibility index (Phi) is 6.20. The van der Waals surface area contributed by atoms with Crippen molar-refractivity contribution in [2.45, 2.75) is 51.5 Å². The molecule has 112 valence electrons. The van der Waals surface area contributed by atoms with E-state index in [1.165, 1.54) is 32.1 Å². The first-order valence-corrected chi connectivity index (χ1v) is 8.51. The van der Waals surface area contributed by atoms with Gasteiger partial charge < -0.3 is 5.32 Å². The molecule has 3 unspecified atom stereocenters. The van der Waals surface area contributed by atoms with Gasteiger partial charge in [0.15, 0.2) is 0 Å². The van der Waals surface area contributed by atoms with Crippen LogP contribution < -0.4 is 5.32 Å². The fourth-order valence-electron chi connectivity index (χ4n) is 3.63. The van der Waals surface area contributed by atoms with Crippen LogP contribution in [-0.4, -0.2) is 13.1 Å². The van der Waals surface area contributed by atoms with Gasteiger partial charge in [-0.05, 0) is 62.3 Å². The van der Waals surface area contributed by atoms with E-state index in [0.29, 0.717) is 12.0 Å². The van der Waals surface area contributed by atoms with E-state index in [-0.39, 0.29) is 0 Å². The molecule has 2 rings (SSSR count). The highest BCUT2D eigenvalue weighted by Crippen LogP contribution is 2.36. The van der Waals surface area contributed by atoms with E-state index in [0.717, 1.165) is 27.9 Å². The minimum absolute atomic E-state index is 0.593. The Hall–Kier alpha value is -0.240. The highest BCUT2D eigenvalue weighted by Gasteiger charge is 2.30. The summed E-state index contributed by atoms with van der Waals surface area (Å²) in [5.41, 5.74) is 1.12. The fraction of sp³-hybridized carbons (Fsp3) is 0.647. The summed E-state index contributed by atoms with van der Waals surface area (Å²) in [5, 5.41) is 5.11. The zero-order valence-electron chi connectivity index (χ0n) is 12.5. The van der Waals surface area contributed by atoms with Crippen LogP contribution in [0.4, 0.5) is 0 Å². The summed E-state index contributed by atoms with van der Waals surface area (Å²) in [6.45, 7) is 2.28. The lowest BCUT2D eigenvalue weighted by Crippen LogP contribution is -2.39. The van der Waals surface area contributed by atoms with E-state index in [9.17, 15) is 0 Å². The van der Waals surface area contributed by atoms with Crippen molar-refractivity contribution in [3.63, 3.8) is 0 Å². The summed E-state index contributed by atoms with van der Waals surface area (Å²) in [5.74, 6) is 1.51. The Bertz CT molecular complexity index is 413. The van der Waals surface area contributed by atoms with Crippen LogP contribution >= 0.6 is 23.2 Å². The molecule has 1 saturated carbocycles. The fourth-order valence-corrected chi connectivity index (χ4v) is 4.18. The predicted molar refractivity (Wildman–Crippen MR) is 88.8 cm³/mol. The number of hydrogen-bond acceptors (Lipinski definition) is 1. The first-order valence-electron chi connectivity index (χ1n) is 7.75. The molecular weight excluding hydrogens is 289 g/mol. The largest absolute Gasteiger partial charge is 0.317 e. The van der Waals surface area contributed by atoms with Crippen molar-refractivity contribution >= 4 is 23.2 Å². The molecule has 0 saturated heterocycles. The van der Waals surface area contributed by atoms with Gasteiger partial charge in [-0.1, -0.05) is 49.0 Å². The van der Waals surface area contributed by atoms with E-state index >= 15 is 0 Å². The van der Waals surface area contributed by atoms with Crippen molar-refractivity contribution in [1.82, 2.24) is 5.32 Å². The molecule has 3 heteroatoms. The van der Waals surface area contributed by atoms with E-state index < -0.39 is 0 Å². The number of benzene rings is 1. The van der Waals surface area contributed by atoms with Gasteiger partial charge >= 0.3 is 0 Å². The molecule has 1 nitrogen and oxygen atoms in total. The zero-order valence-corrected chi connectivity index (χ0v) is 14.0. The Balaban J connectivity index is 2.11. The van der Waals surface area contributed by atoms with Crippen molar-refractivity contribution in [1.29, 1.82) is 0 Å². The molecule has 0 heterocycles. The van der Waals surface area contributed by atoms with Gasteiger partial charge in [0.05, 0.1) is 0 Å². The molecule has 1 aliphatic carbocycles. The van der Waals surface area contributed by atoms with E-state index in [1.807, 2.05) is 18.2 Å². The molecule has 0 spiro atoms. The molecule has 0 amide bonds. The molecule has 1 aromatic rings. The summed E-state index contributed by atoms with van der Waals surface area (Å²) in [6, 6.07) is 6.41. The zero-order chi connectivity index (χ0) is 14.5. The second kappa shape index (κ2) is 7.68. The quantitative estimate of drug-likeness (QED) is 0.773. The molecule has 0 aliphatic heterocycles. The number of halogens is 2. The van der Waals surface area contributed by atoms with Gasteiger partial charge in [0.2, 0.25) is 0 Å². The van der Waals surface area contributed by atoms with Crippen molar-refractivity contribution < 1.29 is 0 Å². The predicted octanol–water partition coefficient (Wildman–Crippen LogP) is 5.34. The average molecular weight is 314 g/mol. The first-order chi connectivity index (χ1) is 9.65. The number of rotatable bonds is 5. The second-order valence-electron chi connectivity index (χ2n) is 6.03. The highest BCUT2D eigenvalue weighted by atomic mass is 35.5. The molecule has 1 N–H and O–H groups in total. The molecule has 0 aromatic heterocycles. The topological polar surface area (TPSA) is 12.0 Å². The van der Waals surface area contributed by atoms with Crippen LogP contribution in [-0.2, 0) is 6.42 Å². The number of hydrogen-bond donors (Lipinski definition) is 1. The molecule has 1 aromatic carbocycles. The van der Waals surface area contributed by atoms with Crippen LogP contribution in [0, 0.1) is 11.8 Å². The van der Waals surface area contributed by atoms with Crippen LogP contribution in [0.2, 0.25) is 10.0 Å². The van der Waals surface area contributed by atoms with Crippen LogP contribution in [0.1, 0.15) is 44.6 Å². The normalized spacial score (nSPS) is 26.7. The van der Waals surface area contributed by atoms with E-state index in [4.69, 9.17) is 23.2 Å². The number of nitrogens with one attached hydrogen (secondary N) is 1. The lowest BCUT2D eigenvalue weighted by Gasteiger charge is -2.36. The molecular formula is C17H25Cl2N. The Morgan fingerprint density at radius 1 is 1.20 bits per heavy atom. The third-order valence-corrected chi connectivity index (χ3v) is 5.39. The summed E-state index contributed by atoms with van der Waals surface area (Å²) in [6.07, 6.45) is 7.54. The molecule has 1 fully saturated rings. The monoisotopic (exact) mass is 313 g/mol. The maximum Gasteiger partial charge on any atom is 0.0452 e. The summed E-state index contributed by atoms with van der Waals surface area (Å²) < 4.78 is 0. The van der Waals surface area contributed by atoms with Gasteiger partial charge in [0, 0.05) is 16.1 Å². The SMILES string of the molecule is CCCC1CCC(NC)C(Cc2c(Cl)cccc2Cl)C1. The van der Waals surface area contributed by atoms with Gasteiger partial charge in [-0.2, -0.15) is 0 Å². The van der Waals surface area contributed by atoms with Crippen LogP contribution in [0.15, 0.2) is 18.2 Å². The van der Waals surface area contributed by atoms with Gasteiger partial charge in [-0.25, -0.2) is 0 Å². The minimum atomic E-state index is 0.593. The summed E-state index contributed by atoms with van der Waals surface area (Å²) in [4.78, 5) is 0. The lowest BCUT2D eigenvalue weighted by atomic mass is 9.74. The van der Waals surface area contributed by atoms with Crippen LogP contribution in [0.25, 0.3) is 0 Å². The maximum absolute atomic E-state index is 6.33. The second-order valence-corrected chi connectivity index (χ2v) is 6.84. The smallest absolute Gasteiger partial charge is 0.0452 e. The van der Waals surface area contributed by atoms with Crippen molar-refractivity contribution in [2.24, 2.45) is 11.8 Å². The van der Waals surface area contributed by atoms with Crippen LogP contribution in [0.3, 0.4) is 0 Å².